The topological polar surface area (TPSA) is 23.5 Å². The second kappa shape index (κ2) is 6.58. The Morgan fingerprint density at radius 3 is 1.89 bits per heavy atom. The highest BCUT2D eigenvalue weighted by Crippen LogP contribution is 2.41. The van der Waals surface area contributed by atoms with Crippen LogP contribution in [0.5, 0.6) is 0 Å². The van der Waals surface area contributed by atoms with E-state index in [1.54, 1.807) is 0 Å². The molecular weight excluding hydrogens is 234 g/mol. The van der Waals surface area contributed by atoms with Crippen LogP contribution in [0.1, 0.15) is 71.6 Å². The minimum Gasteiger partial charge on any atom is -0.396 e. The lowest BCUT2D eigenvalue weighted by Crippen LogP contribution is -2.47. The fraction of sp³-hybridized carbons (Fsp3) is 1.00. The van der Waals surface area contributed by atoms with Gasteiger partial charge in [-0.25, -0.2) is 0 Å². The Bertz CT molecular complexity index is 256. The molecule has 2 nitrogen and oxygen atoms in total. The minimum absolute atomic E-state index is 0.233. The van der Waals surface area contributed by atoms with Crippen molar-refractivity contribution in [2.24, 2.45) is 10.8 Å². The van der Waals surface area contributed by atoms with Crippen LogP contribution in [0.15, 0.2) is 0 Å². The van der Waals surface area contributed by atoms with Crippen LogP contribution in [0.2, 0.25) is 0 Å². The summed E-state index contributed by atoms with van der Waals surface area (Å²) in [4.78, 5) is 2.64. The number of piperidine rings is 1. The van der Waals surface area contributed by atoms with Crippen molar-refractivity contribution in [1.29, 1.82) is 0 Å². The first kappa shape index (κ1) is 15.3. The van der Waals surface area contributed by atoms with Gasteiger partial charge in [-0.3, -0.25) is 0 Å². The van der Waals surface area contributed by atoms with E-state index in [1.165, 1.54) is 70.9 Å². The third-order valence-electron chi connectivity index (χ3n) is 6.23. The van der Waals surface area contributed by atoms with Crippen molar-refractivity contribution in [3.63, 3.8) is 0 Å². The second-order valence-electron chi connectivity index (χ2n) is 7.20. The van der Waals surface area contributed by atoms with Gasteiger partial charge in [0.25, 0.3) is 0 Å². The van der Waals surface area contributed by atoms with Gasteiger partial charge in [-0.1, -0.05) is 46.0 Å². The van der Waals surface area contributed by atoms with Crippen LogP contribution in [0.25, 0.3) is 0 Å². The molecule has 0 aromatic carbocycles. The summed E-state index contributed by atoms with van der Waals surface area (Å²) in [5.74, 6) is 0. The lowest BCUT2D eigenvalue weighted by Gasteiger charge is -2.45. The zero-order chi connectivity index (χ0) is 13.8. The Morgan fingerprint density at radius 2 is 1.42 bits per heavy atom. The molecule has 1 N–H and O–H groups in total. The molecule has 0 aromatic rings. The molecule has 1 aliphatic heterocycles. The monoisotopic (exact) mass is 267 g/mol. The van der Waals surface area contributed by atoms with E-state index in [2.05, 4.69) is 18.7 Å². The molecule has 0 atom stereocenters. The summed E-state index contributed by atoms with van der Waals surface area (Å²) in [6.45, 7) is 8.76. The molecule has 0 radical (unpaired) electrons. The molecule has 0 bridgehead atoms. The van der Waals surface area contributed by atoms with E-state index in [9.17, 15) is 5.11 Å². The van der Waals surface area contributed by atoms with Gasteiger partial charge in [-0.15, -0.1) is 0 Å². The van der Waals surface area contributed by atoms with Crippen LogP contribution in [0.3, 0.4) is 0 Å². The van der Waals surface area contributed by atoms with Gasteiger partial charge in [0.15, 0.2) is 0 Å². The predicted molar refractivity (Wildman–Crippen MR) is 81.3 cm³/mol. The van der Waals surface area contributed by atoms with E-state index >= 15 is 0 Å². The van der Waals surface area contributed by atoms with Gasteiger partial charge in [0.1, 0.15) is 0 Å². The van der Waals surface area contributed by atoms with E-state index in [4.69, 9.17) is 0 Å². The second-order valence-corrected chi connectivity index (χ2v) is 7.20. The van der Waals surface area contributed by atoms with Gasteiger partial charge in [-0.05, 0) is 44.2 Å². The number of rotatable bonds is 5. The highest BCUT2D eigenvalue weighted by Gasteiger charge is 2.37. The number of aliphatic hydroxyl groups excluding tert-OH is 1. The zero-order valence-electron chi connectivity index (χ0n) is 13.1. The number of aliphatic hydroxyl groups is 1. The fourth-order valence-corrected chi connectivity index (χ4v) is 4.28. The van der Waals surface area contributed by atoms with Crippen LogP contribution in [0.4, 0.5) is 0 Å². The van der Waals surface area contributed by atoms with Crippen LogP contribution < -0.4 is 0 Å². The maximum Gasteiger partial charge on any atom is 0.0499 e. The average molecular weight is 267 g/mol. The Labute approximate surface area is 119 Å². The molecule has 2 aliphatic rings. The first-order valence-electron chi connectivity index (χ1n) is 8.51. The number of nitrogens with zero attached hydrogens (tertiary/aromatic N) is 1. The SMILES string of the molecule is CCC1(CC)CCN(CC2(CO)CCCCC2)CC1. The van der Waals surface area contributed by atoms with Gasteiger partial charge in [0.05, 0.1) is 0 Å². The smallest absolute Gasteiger partial charge is 0.0499 e. The molecule has 1 aliphatic carbocycles. The van der Waals surface area contributed by atoms with Crippen molar-refractivity contribution in [1.82, 2.24) is 4.90 Å². The molecule has 19 heavy (non-hydrogen) atoms. The molecule has 1 saturated heterocycles. The van der Waals surface area contributed by atoms with E-state index in [0.29, 0.717) is 12.0 Å². The van der Waals surface area contributed by atoms with Gasteiger partial charge >= 0.3 is 0 Å². The van der Waals surface area contributed by atoms with E-state index in [0.717, 1.165) is 6.54 Å². The van der Waals surface area contributed by atoms with Crippen molar-refractivity contribution in [3.8, 4) is 0 Å². The average Bonchev–Trinajstić information content (AvgIpc) is 2.49. The third kappa shape index (κ3) is 3.52. The summed E-state index contributed by atoms with van der Waals surface area (Å²) >= 11 is 0. The fourth-order valence-electron chi connectivity index (χ4n) is 4.28. The molecule has 1 saturated carbocycles. The van der Waals surface area contributed by atoms with E-state index in [1.807, 2.05) is 0 Å². The van der Waals surface area contributed by atoms with Crippen LogP contribution in [-0.4, -0.2) is 36.2 Å². The summed E-state index contributed by atoms with van der Waals surface area (Å²) in [7, 11) is 0. The molecule has 0 aromatic heterocycles. The molecule has 0 unspecified atom stereocenters. The summed E-state index contributed by atoms with van der Waals surface area (Å²) in [5, 5.41) is 9.84. The summed E-state index contributed by atoms with van der Waals surface area (Å²) in [6.07, 6.45) is 11.9. The zero-order valence-corrected chi connectivity index (χ0v) is 13.1. The van der Waals surface area contributed by atoms with Crippen molar-refractivity contribution in [2.75, 3.05) is 26.2 Å². The lowest BCUT2D eigenvalue weighted by atomic mass is 9.71. The number of likely N-dealkylation sites (tertiary alicyclic amines) is 1. The third-order valence-corrected chi connectivity index (χ3v) is 6.23. The van der Waals surface area contributed by atoms with Crippen molar-refractivity contribution in [3.05, 3.63) is 0 Å². The standard InChI is InChI=1S/C17H33NO/c1-3-16(4-2)10-12-18(13-11-16)14-17(15-19)8-6-5-7-9-17/h19H,3-15H2,1-2H3. The highest BCUT2D eigenvalue weighted by atomic mass is 16.3. The Hall–Kier alpha value is -0.0800. The molecular formula is C17H33NO. The molecule has 2 rings (SSSR count). The summed E-state index contributed by atoms with van der Waals surface area (Å²) in [6, 6.07) is 0. The normalized spacial score (nSPS) is 27.3. The van der Waals surface area contributed by atoms with Crippen LogP contribution in [0, 0.1) is 10.8 Å². The van der Waals surface area contributed by atoms with Crippen LogP contribution >= 0.6 is 0 Å². The maximum absolute atomic E-state index is 9.84. The molecule has 1 heterocycles. The quantitative estimate of drug-likeness (QED) is 0.818. The van der Waals surface area contributed by atoms with Crippen molar-refractivity contribution < 1.29 is 5.11 Å². The van der Waals surface area contributed by atoms with Gasteiger partial charge in [0, 0.05) is 18.6 Å². The first-order chi connectivity index (χ1) is 9.17. The summed E-state index contributed by atoms with van der Waals surface area (Å²) < 4.78 is 0. The molecule has 2 heteroatoms. The predicted octanol–water partition coefficient (Wildman–Crippen LogP) is 3.83. The van der Waals surface area contributed by atoms with Crippen LogP contribution in [-0.2, 0) is 0 Å². The van der Waals surface area contributed by atoms with Gasteiger partial charge in [0.2, 0.25) is 0 Å². The first-order valence-corrected chi connectivity index (χ1v) is 8.51. The van der Waals surface area contributed by atoms with Crippen molar-refractivity contribution >= 4 is 0 Å². The van der Waals surface area contributed by atoms with Crippen molar-refractivity contribution in [2.45, 2.75) is 71.6 Å². The van der Waals surface area contributed by atoms with Gasteiger partial charge < -0.3 is 10.0 Å². The largest absolute Gasteiger partial charge is 0.396 e. The molecule has 0 spiro atoms. The Kier molecular flexibility index (Phi) is 5.30. The summed E-state index contributed by atoms with van der Waals surface area (Å²) in [5.41, 5.74) is 0.853. The molecule has 2 fully saturated rings. The number of hydrogen-bond acceptors (Lipinski definition) is 2. The Balaban J connectivity index is 1.87. The molecule has 0 amide bonds. The van der Waals surface area contributed by atoms with Gasteiger partial charge in [-0.2, -0.15) is 0 Å². The lowest BCUT2D eigenvalue weighted by molar-refractivity contribution is 0.0119. The number of hydrogen-bond donors (Lipinski definition) is 1. The maximum atomic E-state index is 9.84. The minimum atomic E-state index is 0.233. The van der Waals surface area contributed by atoms with E-state index < -0.39 is 0 Å². The molecule has 112 valence electrons. The van der Waals surface area contributed by atoms with E-state index in [-0.39, 0.29) is 5.41 Å². The Morgan fingerprint density at radius 1 is 0.842 bits per heavy atom. The highest BCUT2D eigenvalue weighted by molar-refractivity contribution is 4.89.